The van der Waals surface area contributed by atoms with Gasteiger partial charge in [0.2, 0.25) is 5.91 Å². The summed E-state index contributed by atoms with van der Waals surface area (Å²) in [4.78, 5) is 16.8. The number of nitrogens with zero attached hydrogens (tertiary/aromatic N) is 1. The first-order chi connectivity index (χ1) is 9.67. The monoisotopic (exact) mass is 341 g/mol. The summed E-state index contributed by atoms with van der Waals surface area (Å²) in [5, 5.41) is 7.34. The summed E-state index contributed by atoms with van der Waals surface area (Å²) in [7, 11) is 0. The number of carbonyl (C=O) groups excluding carboxylic acids is 1. The highest BCUT2D eigenvalue weighted by atomic mass is 35.5. The minimum Gasteiger partial charge on any atom is -0.324 e. The van der Waals surface area contributed by atoms with Gasteiger partial charge in [-0.05, 0) is 38.4 Å². The third-order valence-electron chi connectivity index (χ3n) is 3.99. The summed E-state index contributed by atoms with van der Waals surface area (Å²) in [5.41, 5.74) is 1.38. The highest BCUT2D eigenvalue weighted by Crippen LogP contribution is 2.27. The van der Waals surface area contributed by atoms with Crippen molar-refractivity contribution in [3.8, 4) is 0 Å². The summed E-state index contributed by atoms with van der Waals surface area (Å²) < 4.78 is 0. The topological polar surface area (TPSA) is 54.0 Å². The molecule has 0 bridgehead atoms. The van der Waals surface area contributed by atoms with Crippen LogP contribution in [0.15, 0.2) is 36.5 Å². The van der Waals surface area contributed by atoms with Crippen molar-refractivity contribution < 1.29 is 4.79 Å². The van der Waals surface area contributed by atoms with Crippen molar-refractivity contribution in [2.75, 3.05) is 18.4 Å². The number of piperidine rings is 1. The van der Waals surface area contributed by atoms with Crippen LogP contribution in [0.1, 0.15) is 19.8 Å². The molecular formula is C16H21Cl2N3O. The lowest BCUT2D eigenvalue weighted by molar-refractivity contribution is -0.125. The van der Waals surface area contributed by atoms with E-state index in [4.69, 9.17) is 0 Å². The third kappa shape index (κ3) is 3.88. The van der Waals surface area contributed by atoms with Crippen LogP contribution in [0, 0.1) is 5.41 Å². The zero-order chi connectivity index (χ0) is 14.0. The summed E-state index contributed by atoms with van der Waals surface area (Å²) in [6.07, 6.45) is 3.69. The molecular weight excluding hydrogens is 321 g/mol. The fourth-order valence-electron chi connectivity index (χ4n) is 2.67. The molecule has 1 aromatic heterocycles. The molecule has 120 valence electrons. The maximum absolute atomic E-state index is 12.4. The standard InChI is InChI=1S/C16H19N3O.2ClH/c1-16(7-4-8-17-11-16)15(20)19-13-9-12-5-2-3-6-14(12)18-10-13;;/h2-3,5-6,9-10,17H,4,7-8,11H2,1H3,(H,19,20);2*1H. The number of halogens is 2. The van der Waals surface area contributed by atoms with Gasteiger partial charge in [-0.25, -0.2) is 0 Å². The predicted octanol–water partition coefficient (Wildman–Crippen LogP) is 3.41. The first kappa shape index (κ1) is 18.7. The number of amides is 1. The molecule has 1 saturated heterocycles. The van der Waals surface area contributed by atoms with Crippen molar-refractivity contribution in [1.82, 2.24) is 10.3 Å². The Morgan fingerprint density at radius 3 is 2.82 bits per heavy atom. The van der Waals surface area contributed by atoms with Crippen LogP contribution in [0.2, 0.25) is 0 Å². The molecule has 1 unspecified atom stereocenters. The third-order valence-corrected chi connectivity index (χ3v) is 3.99. The normalized spacial score (nSPS) is 20.6. The summed E-state index contributed by atoms with van der Waals surface area (Å²) in [5.74, 6) is 0.0711. The summed E-state index contributed by atoms with van der Waals surface area (Å²) in [6, 6.07) is 9.87. The second kappa shape index (κ2) is 7.77. The van der Waals surface area contributed by atoms with Gasteiger partial charge in [0.15, 0.2) is 0 Å². The van der Waals surface area contributed by atoms with Crippen LogP contribution in [0.25, 0.3) is 10.9 Å². The van der Waals surface area contributed by atoms with E-state index in [0.29, 0.717) is 0 Å². The average molecular weight is 342 g/mol. The van der Waals surface area contributed by atoms with E-state index in [0.717, 1.165) is 42.5 Å². The lowest BCUT2D eigenvalue weighted by Crippen LogP contribution is -2.46. The van der Waals surface area contributed by atoms with Crippen molar-refractivity contribution >= 4 is 47.3 Å². The van der Waals surface area contributed by atoms with Crippen LogP contribution in [-0.2, 0) is 4.79 Å². The van der Waals surface area contributed by atoms with Crippen LogP contribution < -0.4 is 10.6 Å². The minimum absolute atomic E-state index is 0. The number of fused-ring (bicyclic) bond motifs is 1. The Labute approximate surface area is 142 Å². The molecule has 3 rings (SSSR count). The molecule has 1 aliphatic rings. The molecule has 2 heterocycles. The number of rotatable bonds is 2. The maximum atomic E-state index is 12.4. The van der Waals surface area contributed by atoms with Crippen molar-refractivity contribution in [2.45, 2.75) is 19.8 Å². The molecule has 0 spiro atoms. The molecule has 1 aliphatic heterocycles. The number of para-hydroxylation sites is 1. The minimum atomic E-state index is -0.329. The Bertz CT molecular complexity index is 642. The zero-order valence-electron chi connectivity index (χ0n) is 12.5. The number of pyridine rings is 1. The van der Waals surface area contributed by atoms with Crippen LogP contribution in [0.5, 0.6) is 0 Å². The van der Waals surface area contributed by atoms with Crippen molar-refractivity contribution in [2.24, 2.45) is 5.41 Å². The number of hydrogen-bond acceptors (Lipinski definition) is 3. The second-order valence-corrected chi connectivity index (χ2v) is 5.71. The lowest BCUT2D eigenvalue weighted by atomic mass is 9.82. The molecule has 1 atom stereocenters. The van der Waals surface area contributed by atoms with Gasteiger partial charge in [0.05, 0.1) is 22.8 Å². The van der Waals surface area contributed by atoms with Crippen molar-refractivity contribution in [1.29, 1.82) is 0 Å². The molecule has 1 aromatic carbocycles. The van der Waals surface area contributed by atoms with Crippen LogP contribution in [0.4, 0.5) is 5.69 Å². The first-order valence-electron chi connectivity index (χ1n) is 7.04. The Balaban J connectivity index is 0.00000121. The number of hydrogen-bond donors (Lipinski definition) is 2. The molecule has 2 aromatic rings. The fourth-order valence-corrected chi connectivity index (χ4v) is 2.67. The van der Waals surface area contributed by atoms with E-state index >= 15 is 0 Å². The number of aromatic nitrogens is 1. The summed E-state index contributed by atoms with van der Waals surface area (Å²) >= 11 is 0. The van der Waals surface area contributed by atoms with Gasteiger partial charge in [0.25, 0.3) is 0 Å². The van der Waals surface area contributed by atoms with Gasteiger partial charge in [0.1, 0.15) is 0 Å². The van der Waals surface area contributed by atoms with Crippen molar-refractivity contribution in [3.63, 3.8) is 0 Å². The van der Waals surface area contributed by atoms with Crippen LogP contribution >= 0.6 is 24.8 Å². The Kier molecular flexibility index (Phi) is 6.60. The van der Waals surface area contributed by atoms with Gasteiger partial charge < -0.3 is 10.6 Å². The largest absolute Gasteiger partial charge is 0.324 e. The fraction of sp³-hybridized carbons (Fsp3) is 0.375. The van der Waals surface area contributed by atoms with Gasteiger partial charge in [-0.2, -0.15) is 0 Å². The maximum Gasteiger partial charge on any atom is 0.231 e. The van der Waals surface area contributed by atoms with Crippen LogP contribution in [0.3, 0.4) is 0 Å². The van der Waals surface area contributed by atoms with E-state index in [9.17, 15) is 4.79 Å². The van der Waals surface area contributed by atoms with Crippen molar-refractivity contribution in [3.05, 3.63) is 36.5 Å². The molecule has 0 aliphatic carbocycles. The molecule has 4 nitrogen and oxygen atoms in total. The molecule has 6 heteroatoms. The molecule has 22 heavy (non-hydrogen) atoms. The molecule has 0 radical (unpaired) electrons. The number of benzene rings is 1. The van der Waals surface area contributed by atoms with Gasteiger partial charge >= 0.3 is 0 Å². The highest BCUT2D eigenvalue weighted by Gasteiger charge is 2.34. The summed E-state index contributed by atoms with van der Waals surface area (Å²) in [6.45, 7) is 3.75. The van der Waals surface area contributed by atoms with Crippen LogP contribution in [-0.4, -0.2) is 24.0 Å². The molecule has 1 amide bonds. The van der Waals surface area contributed by atoms with Gasteiger partial charge in [-0.3, -0.25) is 9.78 Å². The number of nitrogens with one attached hydrogen (secondary N) is 2. The quantitative estimate of drug-likeness (QED) is 0.879. The van der Waals surface area contributed by atoms with Gasteiger partial charge in [-0.1, -0.05) is 18.2 Å². The number of anilines is 1. The molecule has 0 saturated carbocycles. The van der Waals surface area contributed by atoms with E-state index in [2.05, 4.69) is 15.6 Å². The second-order valence-electron chi connectivity index (χ2n) is 5.71. The smallest absolute Gasteiger partial charge is 0.231 e. The van der Waals surface area contributed by atoms with E-state index < -0.39 is 0 Å². The Morgan fingerprint density at radius 1 is 1.32 bits per heavy atom. The Hall–Kier alpha value is -1.36. The van der Waals surface area contributed by atoms with E-state index in [1.54, 1.807) is 6.20 Å². The lowest BCUT2D eigenvalue weighted by Gasteiger charge is -2.32. The zero-order valence-corrected chi connectivity index (χ0v) is 14.1. The first-order valence-corrected chi connectivity index (χ1v) is 7.04. The molecule has 2 N–H and O–H groups in total. The SMILES string of the molecule is CC1(C(=O)Nc2cnc3ccccc3c2)CCCNC1.Cl.Cl. The predicted molar refractivity (Wildman–Crippen MR) is 95.1 cm³/mol. The van der Waals surface area contributed by atoms with Gasteiger partial charge in [-0.15, -0.1) is 24.8 Å². The van der Waals surface area contributed by atoms with Gasteiger partial charge in [0, 0.05) is 11.9 Å². The van der Waals surface area contributed by atoms with E-state index in [1.807, 2.05) is 37.3 Å². The van der Waals surface area contributed by atoms with E-state index in [-0.39, 0.29) is 36.1 Å². The molecule has 1 fully saturated rings. The highest BCUT2D eigenvalue weighted by molar-refractivity contribution is 5.96. The van der Waals surface area contributed by atoms with E-state index in [1.165, 1.54) is 0 Å². The number of carbonyl (C=O) groups is 1. The Morgan fingerprint density at radius 2 is 2.09 bits per heavy atom. The average Bonchev–Trinajstić information content (AvgIpc) is 2.48.